The van der Waals surface area contributed by atoms with Crippen molar-refractivity contribution in [1.29, 1.82) is 0 Å². The zero-order valence-corrected chi connectivity index (χ0v) is 12.7. The van der Waals surface area contributed by atoms with E-state index in [1.165, 1.54) is 12.4 Å². The Balaban J connectivity index is 1.93. The highest BCUT2D eigenvalue weighted by molar-refractivity contribution is 8.45. The lowest BCUT2D eigenvalue weighted by atomic mass is 10.3. The van der Waals surface area contributed by atoms with E-state index in [2.05, 4.69) is 29.9 Å². The summed E-state index contributed by atoms with van der Waals surface area (Å²) >= 11 is 0. The predicted octanol–water partition coefficient (Wildman–Crippen LogP) is 4.22. The highest BCUT2D eigenvalue weighted by Gasteiger charge is 2.65. The predicted molar refractivity (Wildman–Crippen MR) is 79.3 cm³/mol. The Morgan fingerprint density at radius 2 is 1.64 bits per heavy atom. The summed E-state index contributed by atoms with van der Waals surface area (Å²) in [5, 5.41) is 6.03. The first kappa shape index (κ1) is 16.9. The Hall–Kier alpha value is -2.96. The molecule has 7 nitrogen and oxygen atoms in total. The van der Waals surface area contributed by atoms with Crippen molar-refractivity contribution < 1.29 is 24.0 Å². The molecule has 3 rings (SSSR count). The first-order chi connectivity index (χ1) is 11.4. The molecule has 0 aliphatic rings. The molecule has 134 valence electrons. The highest BCUT2D eigenvalue weighted by atomic mass is 32.5. The molecule has 0 fully saturated rings. The summed E-state index contributed by atoms with van der Waals surface area (Å²) in [5.41, 5.74) is 0.0864. The molecular weight excluding hydrogens is 373 g/mol. The molecule has 0 radical (unpaired) electrons. The van der Waals surface area contributed by atoms with Crippen molar-refractivity contribution in [1.82, 2.24) is 20.1 Å². The van der Waals surface area contributed by atoms with Gasteiger partial charge >= 0.3 is 16.0 Å². The number of aromatic nitrogens is 4. The molecule has 13 heteroatoms. The molecule has 25 heavy (non-hydrogen) atoms. The van der Waals surface area contributed by atoms with Crippen LogP contribution < -0.4 is 11.1 Å². The lowest BCUT2D eigenvalue weighted by Gasteiger charge is -2.40. The summed E-state index contributed by atoms with van der Waals surface area (Å²) in [6, 6.07) is 2.16. The van der Waals surface area contributed by atoms with Gasteiger partial charge in [-0.1, -0.05) is 24.6 Å². The molecule has 0 bridgehead atoms. The molecule has 3 aromatic rings. The number of benzene rings is 1. The van der Waals surface area contributed by atoms with Crippen LogP contribution in [-0.4, -0.2) is 20.1 Å². The number of hydrogen-bond acceptors (Lipinski definition) is 6. The molecule has 0 aliphatic heterocycles. The smallest absolute Gasteiger partial charge is 0.338 e. The first-order valence-corrected chi connectivity index (χ1v) is 8.36. The third kappa shape index (κ3) is 3.76. The van der Waals surface area contributed by atoms with Crippen LogP contribution in [0.4, 0.5) is 30.9 Å². The van der Waals surface area contributed by atoms with Gasteiger partial charge < -0.3 is 5.32 Å². The number of hydrogen-bond donors (Lipinski definition) is 2. The molecular formula is C12H8F5N5O2S. The molecule has 2 N–H and O–H groups in total. The molecule has 0 unspecified atom stereocenters. The van der Waals surface area contributed by atoms with Gasteiger partial charge in [0.15, 0.2) is 11.5 Å². The number of aromatic amines is 1. The average Bonchev–Trinajstić information content (AvgIpc) is 2.92. The average molecular weight is 381 g/mol. The van der Waals surface area contributed by atoms with Gasteiger partial charge in [0.1, 0.15) is 4.90 Å². The Labute approximate surface area is 135 Å². The minimum absolute atomic E-state index is 0.0205. The fourth-order valence-electron chi connectivity index (χ4n) is 1.87. The third-order valence-corrected chi connectivity index (χ3v) is 4.09. The van der Waals surface area contributed by atoms with Crippen molar-refractivity contribution >= 4 is 21.7 Å². The summed E-state index contributed by atoms with van der Waals surface area (Å²) in [4.78, 5) is 19.1. The van der Waals surface area contributed by atoms with Gasteiger partial charge in [0.05, 0.1) is 0 Å². The minimum atomic E-state index is -9.73. The van der Waals surface area contributed by atoms with Crippen molar-refractivity contribution in [2.75, 3.05) is 5.32 Å². The van der Waals surface area contributed by atoms with E-state index in [0.29, 0.717) is 0 Å². The standard InChI is InChI=1S/C12H8F5N5O2S/c13-25(14,15,16,17)8-3-1-7(2-4-8)20-10-9(18-5-6-19-10)11-21-12(23)24-22-11/h1-6H,(H,19,20)(H,21,22,23). The van der Waals surface area contributed by atoms with Crippen LogP contribution in [0.3, 0.4) is 0 Å². The molecule has 0 amide bonds. The zero-order valence-electron chi connectivity index (χ0n) is 11.9. The van der Waals surface area contributed by atoms with E-state index in [4.69, 9.17) is 0 Å². The van der Waals surface area contributed by atoms with Crippen LogP contribution in [-0.2, 0) is 0 Å². The van der Waals surface area contributed by atoms with E-state index in [0.717, 1.165) is 12.1 Å². The fraction of sp³-hybridized carbons (Fsp3) is 0. The number of anilines is 2. The minimum Gasteiger partial charge on any atom is -0.338 e. The van der Waals surface area contributed by atoms with Crippen LogP contribution in [0.1, 0.15) is 0 Å². The zero-order chi connectivity index (χ0) is 18.4. The van der Waals surface area contributed by atoms with Crippen LogP contribution in [0, 0.1) is 0 Å². The molecule has 0 spiro atoms. The third-order valence-electron chi connectivity index (χ3n) is 2.93. The second-order valence-electron chi connectivity index (χ2n) is 4.82. The van der Waals surface area contributed by atoms with E-state index < -0.39 is 20.9 Å². The van der Waals surface area contributed by atoms with Gasteiger partial charge in [-0.05, 0) is 24.3 Å². The number of halogens is 5. The highest BCUT2D eigenvalue weighted by Crippen LogP contribution is 3.02. The van der Waals surface area contributed by atoms with E-state index in [1.807, 2.05) is 0 Å². The Morgan fingerprint density at radius 3 is 2.20 bits per heavy atom. The summed E-state index contributed by atoms with van der Waals surface area (Å²) in [5.74, 6) is -0.886. The van der Waals surface area contributed by atoms with Crippen molar-refractivity contribution in [2.24, 2.45) is 0 Å². The van der Waals surface area contributed by atoms with Gasteiger partial charge in [0.2, 0.25) is 5.82 Å². The van der Waals surface area contributed by atoms with Crippen LogP contribution >= 0.6 is 10.2 Å². The summed E-state index contributed by atoms with van der Waals surface area (Å²) in [6.45, 7) is 0. The van der Waals surface area contributed by atoms with Gasteiger partial charge in [-0.3, -0.25) is 9.51 Å². The topological polar surface area (TPSA) is 96.7 Å². The molecule has 0 saturated carbocycles. The second kappa shape index (κ2) is 4.78. The van der Waals surface area contributed by atoms with Gasteiger partial charge in [0.25, 0.3) is 0 Å². The van der Waals surface area contributed by atoms with Crippen LogP contribution in [0.25, 0.3) is 11.5 Å². The molecule has 2 heterocycles. The number of nitrogens with zero attached hydrogens (tertiary/aromatic N) is 3. The maximum atomic E-state index is 12.7. The fourth-order valence-corrected chi connectivity index (χ4v) is 2.52. The lowest BCUT2D eigenvalue weighted by Crippen LogP contribution is -2.06. The van der Waals surface area contributed by atoms with E-state index in [-0.39, 0.29) is 35.2 Å². The molecule has 0 atom stereocenters. The van der Waals surface area contributed by atoms with Crippen LogP contribution in [0.15, 0.2) is 50.9 Å². The largest absolute Gasteiger partial charge is 0.439 e. The van der Waals surface area contributed by atoms with E-state index in [9.17, 15) is 24.2 Å². The van der Waals surface area contributed by atoms with Gasteiger partial charge in [-0.25, -0.2) is 14.8 Å². The van der Waals surface area contributed by atoms with Crippen molar-refractivity contribution in [3.63, 3.8) is 0 Å². The maximum Gasteiger partial charge on any atom is 0.439 e. The van der Waals surface area contributed by atoms with E-state index >= 15 is 0 Å². The first-order valence-electron chi connectivity index (χ1n) is 6.41. The Morgan fingerprint density at radius 1 is 1.00 bits per heavy atom. The van der Waals surface area contributed by atoms with Gasteiger partial charge in [-0.2, -0.15) is 0 Å². The lowest BCUT2D eigenvalue weighted by molar-refractivity contribution is 0.364. The Kier molecular flexibility index (Phi) is 3.23. The van der Waals surface area contributed by atoms with Crippen LogP contribution in [0.5, 0.6) is 0 Å². The van der Waals surface area contributed by atoms with Crippen LogP contribution in [0.2, 0.25) is 0 Å². The second-order valence-corrected chi connectivity index (χ2v) is 7.22. The molecule has 2 aromatic heterocycles. The van der Waals surface area contributed by atoms with E-state index in [1.54, 1.807) is 0 Å². The normalized spacial score (nSPS) is 14.6. The SMILES string of the molecule is O=c1[nH]c(-c2nccnc2Nc2ccc(S(F)(F)(F)(F)F)cc2)no1. The summed E-state index contributed by atoms with van der Waals surface area (Å²) in [6.07, 6.45) is 2.55. The molecule has 0 aliphatic carbocycles. The maximum absolute atomic E-state index is 12.7. The van der Waals surface area contributed by atoms with Gasteiger partial charge in [-0.15, -0.1) is 0 Å². The van der Waals surface area contributed by atoms with Crippen molar-refractivity contribution in [3.05, 3.63) is 47.2 Å². The summed E-state index contributed by atoms with van der Waals surface area (Å²) in [7, 11) is -9.73. The van der Waals surface area contributed by atoms with Crippen molar-refractivity contribution in [2.45, 2.75) is 4.90 Å². The number of nitrogens with one attached hydrogen (secondary N) is 2. The monoisotopic (exact) mass is 381 g/mol. The van der Waals surface area contributed by atoms with Crippen molar-refractivity contribution in [3.8, 4) is 11.5 Å². The Bertz CT molecular complexity index is 984. The molecule has 1 aromatic carbocycles. The number of rotatable bonds is 4. The molecule has 0 saturated heterocycles. The van der Waals surface area contributed by atoms with Gasteiger partial charge in [0, 0.05) is 18.1 Å². The number of H-pyrrole nitrogens is 1. The summed E-state index contributed by atoms with van der Waals surface area (Å²) < 4.78 is 67.8. The quantitative estimate of drug-likeness (QED) is 0.657.